The van der Waals surface area contributed by atoms with Gasteiger partial charge in [-0.1, -0.05) is 39.1 Å². The number of hydrogen-bond acceptors (Lipinski definition) is 4. The lowest BCUT2D eigenvalue weighted by Gasteiger charge is -1.95. The summed E-state index contributed by atoms with van der Waals surface area (Å²) in [6.07, 6.45) is 0. The van der Waals surface area contributed by atoms with Crippen molar-refractivity contribution < 1.29 is 20.1 Å². The summed E-state index contributed by atoms with van der Waals surface area (Å²) in [4.78, 5) is 10.3. The molecule has 0 aromatic heterocycles. The van der Waals surface area contributed by atoms with Crippen LogP contribution < -0.4 is 5.73 Å². The van der Waals surface area contributed by atoms with Gasteiger partial charge < -0.3 is 21.1 Å². The van der Waals surface area contributed by atoms with Crippen LogP contribution in [-0.4, -0.2) is 21.3 Å². The Labute approximate surface area is 118 Å². The van der Waals surface area contributed by atoms with Gasteiger partial charge in [0.15, 0.2) is 0 Å². The smallest absolute Gasteiger partial charge is 0.339 e. The third-order valence-electron chi connectivity index (χ3n) is 2.07. The van der Waals surface area contributed by atoms with E-state index in [1.807, 2.05) is 0 Å². The topological polar surface area (TPSA) is 104 Å². The highest BCUT2D eigenvalue weighted by Crippen LogP contribution is 2.16. The average Bonchev–Trinajstić information content (AvgIpc) is 2.34. The van der Waals surface area contributed by atoms with Gasteiger partial charge in [0.25, 0.3) is 0 Å². The Morgan fingerprint density at radius 3 is 1.60 bits per heavy atom. The van der Waals surface area contributed by atoms with E-state index in [0.29, 0.717) is 5.69 Å². The van der Waals surface area contributed by atoms with E-state index in [0.717, 1.165) is 0 Å². The number of anilines is 1. The van der Waals surface area contributed by atoms with E-state index in [4.69, 9.17) is 21.1 Å². The van der Waals surface area contributed by atoms with Crippen LogP contribution in [0.25, 0.3) is 0 Å². The number of carboxylic acid groups (broad SMARTS) is 1. The summed E-state index contributed by atoms with van der Waals surface area (Å²) in [5.74, 6) is -1.17. The van der Waals surface area contributed by atoms with Gasteiger partial charge in [-0.15, -0.1) is 0 Å². The third-order valence-corrected chi connectivity index (χ3v) is 2.07. The molecule has 0 fully saturated rings. The summed E-state index contributed by atoms with van der Waals surface area (Å²) in [6.45, 7) is 0. The Bertz CT molecular complexity index is 520. The van der Waals surface area contributed by atoms with Gasteiger partial charge in [-0.05, 0) is 24.3 Å². The number of nitrogens with two attached hydrogens (primary N) is 1. The number of aromatic hydroxyl groups is 2. The van der Waals surface area contributed by atoms with Crippen LogP contribution in [0.3, 0.4) is 0 Å². The molecule has 0 aliphatic rings. The number of rotatable bonds is 1. The van der Waals surface area contributed by atoms with Crippen LogP contribution in [0.5, 0.6) is 11.5 Å². The minimum absolute atomic E-state index is 0. The van der Waals surface area contributed by atoms with Gasteiger partial charge in [-0.3, -0.25) is 0 Å². The van der Waals surface area contributed by atoms with Crippen molar-refractivity contribution in [3.8, 4) is 11.5 Å². The number of carboxylic acids is 1. The normalized spacial score (nSPS) is 8.20. The van der Waals surface area contributed by atoms with E-state index in [-0.39, 0.29) is 31.9 Å². The zero-order valence-electron chi connectivity index (χ0n) is 9.45. The number of carbonyl (C=O) groups is 1. The van der Waals surface area contributed by atoms with Crippen LogP contribution in [0.4, 0.5) is 5.69 Å². The molecule has 0 spiro atoms. The van der Waals surface area contributed by atoms with Crippen molar-refractivity contribution in [3.05, 3.63) is 54.1 Å². The molecule has 0 aliphatic heterocycles. The fraction of sp³-hybridized carbons (Fsp3) is 0.133. The maximum Gasteiger partial charge on any atom is 0.339 e. The Balaban J connectivity index is 0. The summed E-state index contributed by atoms with van der Waals surface area (Å²) < 4.78 is 0. The summed E-state index contributed by atoms with van der Waals surface area (Å²) in [5, 5.41) is 26.1. The van der Waals surface area contributed by atoms with Crippen LogP contribution in [0.15, 0.2) is 48.5 Å². The SMILES string of the molecule is C.C.Nc1ccccc1O.O=C(O)c1ccccc1O. The Kier molecular flexibility index (Phi) is 9.10. The molecule has 0 saturated heterocycles. The molecule has 0 aliphatic carbocycles. The van der Waals surface area contributed by atoms with E-state index < -0.39 is 5.97 Å². The Morgan fingerprint density at radius 2 is 1.30 bits per heavy atom. The molecule has 2 aromatic rings. The van der Waals surface area contributed by atoms with E-state index in [1.165, 1.54) is 12.1 Å². The molecule has 110 valence electrons. The fourth-order valence-electron chi connectivity index (χ4n) is 1.14. The number of aromatic carboxylic acids is 1. The van der Waals surface area contributed by atoms with E-state index in [2.05, 4.69) is 0 Å². The number of para-hydroxylation sites is 3. The molecule has 0 amide bonds. The van der Waals surface area contributed by atoms with Gasteiger partial charge >= 0.3 is 5.97 Å². The molecule has 0 radical (unpaired) electrons. The first-order valence-electron chi connectivity index (χ1n) is 5.07. The molecule has 20 heavy (non-hydrogen) atoms. The predicted octanol–water partition coefficient (Wildman–Crippen LogP) is 3.34. The highest BCUT2D eigenvalue weighted by molar-refractivity contribution is 5.90. The maximum atomic E-state index is 10.3. The monoisotopic (exact) mass is 279 g/mol. The lowest BCUT2D eigenvalue weighted by atomic mass is 10.2. The molecule has 0 heterocycles. The molecule has 0 unspecified atom stereocenters. The Hall–Kier alpha value is -2.69. The predicted molar refractivity (Wildman–Crippen MR) is 81.0 cm³/mol. The van der Waals surface area contributed by atoms with E-state index >= 15 is 0 Å². The second kappa shape index (κ2) is 9.27. The maximum absolute atomic E-state index is 10.3. The van der Waals surface area contributed by atoms with Crippen molar-refractivity contribution in [2.24, 2.45) is 0 Å². The van der Waals surface area contributed by atoms with Crippen LogP contribution in [0, 0.1) is 0 Å². The Morgan fingerprint density at radius 1 is 0.850 bits per heavy atom. The van der Waals surface area contributed by atoms with Crippen molar-refractivity contribution in [1.82, 2.24) is 0 Å². The summed E-state index contributed by atoms with van der Waals surface area (Å²) in [7, 11) is 0. The molecule has 5 heteroatoms. The van der Waals surface area contributed by atoms with Gasteiger partial charge in [0, 0.05) is 0 Å². The lowest BCUT2D eigenvalue weighted by molar-refractivity contribution is 0.0693. The standard InChI is InChI=1S/C7H6O3.C6H7NO.2CH4/c8-6-4-2-1-3-5(6)7(9)10;7-5-3-1-2-4-6(5)8;;/h1-4,8H,(H,9,10);1-4,8H,7H2;2*1H4. The number of benzene rings is 2. The molecular weight excluding hydrogens is 258 g/mol. The first-order chi connectivity index (χ1) is 8.52. The molecule has 0 saturated carbocycles. The molecule has 2 aromatic carbocycles. The first kappa shape index (κ1) is 19.6. The highest BCUT2D eigenvalue weighted by Gasteiger charge is 2.05. The number of nitrogen functional groups attached to an aromatic ring is 1. The molecular formula is C15H21NO4. The molecule has 2 rings (SSSR count). The second-order valence-electron chi connectivity index (χ2n) is 3.38. The number of phenolic OH excluding ortho intramolecular Hbond substituents is 1. The van der Waals surface area contributed by atoms with E-state index in [1.54, 1.807) is 36.4 Å². The fourth-order valence-corrected chi connectivity index (χ4v) is 1.14. The number of phenols is 2. The quantitative estimate of drug-likeness (QED) is 0.473. The molecule has 0 atom stereocenters. The van der Waals surface area contributed by atoms with Gasteiger partial charge in [-0.25, -0.2) is 4.79 Å². The van der Waals surface area contributed by atoms with Crippen molar-refractivity contribution in [2.45, 2.75) is 14.9 Å². The minimum Gasteiger partial charge on any atom is -0.507 e. The summed E-state index contributed by atoms with van der Waals surface area (Å²) in [5.41, 5.74) is 5.63. The van der Waals surface area contributed by atoms with E-state index in [9.17, 15) is 4.79 Å². The average molecular weight is 279 g/mol. The van der Waals surface area contributed by atoms with Crippen molar-refractivity contribution in [3.63, 3.8) is 0 Å². The van der Waals surface area contributed by atoms with Crippen molar-refractivity contribution >= 4 is 11.7 Å². The third kappa shape index (κ3) is 5.77. The molecule has 5 nitrogen and oxygen atoms in total. The van der Waals surface area contributed by atoms with Crippen LogP contribution in [0.1, 0.15) is 25.2 Å². The van der Waals surface area contributed by atoms with Gasteiger partial charge in [0.1, 0.15) is 17.1 Å². The molecule has 5 N–H and O–H groups in total. The largest absolute Gasteiger partial charge is 0.507 e. The van der Waals surface area contributed by atoms with Crippen LogP contribution in [0.2, 0.25) is 0 Å². The first-order valence-corrected chi connectivity index (χ1v) is 5.07. The van der Waals surface area contributed by atoms with Crippen molar-refractivity contribution in [1.29, 1.82) is 0 Å². The van der Waals surface area contributed by atoms with Gasteiger partial charge in [-0.2, -0.15) is 0 Å². The number of hydrogen-bond donors (Lipinski definition) is 4. The van der Waals surface area contributed by atoms with Crippen LogP contribution >= 0.6 is 0 Å². The second-order valence-corrected chi connectivity index (χ2v) is 3.38. The van der Waals surface area contributed by atoms with Crippen molar-refractivity contribution in [2.75, 3.05) is 5.73 Å². The summed E-state index contributed by atoms with van der Waals surface area (Å²) >= 11 is 0. The zero-order valence-corrected chi connectivity index (χ0v) is 9.45. The summed E-state index contributed by atoms with van der Waals surface area (Å²) in [6, 6.07) is 12.5. The minimum atomic E-state index is -1.11. The highest BCUT2D eigenvalue weighted by atomic mass is 16.4. The van der Waals surface area contributed by atoms with Crippen LogP contribution in [-0.2, 0) is 0 Å². The lowest BCUT2D eigenvalue weighted by Crippen LogP contribution is -1.95. The van der Waals surface area contributed by atoms with Gasteiger partial charge in [0.2, 0.25) is 0 Å². The van der Waals surface area contributed by atoms with Gasteiger partial charge in [0.05, 0.1) is 5.69 Å². The molecule has 0 bridgehead atoms. The zero-order chi connectivity index (χ0) is 13.5.